The van der Waals surface area contributed by atoms with Crippen molar-refractivity contribution in [3.05, 3.63) is 102 Å². The summed E-state index contributed by atoms with van der Waals surface area (Å²) in [7, 11) is 0. The highest BCUT2D eigenvalue weighted by Gasteiger charge is 2.22. The largest absolute Gasteiger partial charge is 0.361 e. The molecule has 0 unspecified atom stereocenters. The maximum Gasteiger partial charge on any atom is 0.322 e. The molecule has 1 aromatic heterocycles. The Morgan fingerprint density at radius 2 is 1.68 bits per heavy atom. The van der Waals surface area contributed by atoms with E-state index in [1.54, 1.807) is 4.90 Å². The van der Waals surface area contributed by atoms with Gasteiger partial charge < -0.3 is 20.1 Å². The molecule has 0 saturated heterocycles. The molecule has 3 aromatic carbocycles. The van der Waals surface area contributed by atoms with Gasteiger partial charge >= 0.3 is 6.03 Å². The van der Waals surface area contributed by atoms with E-state index in [4.69, 9.17) is 0 Å². The highest BCUT2D eigenvalue weighted by atomic mass is 19.1. The molecule has 6 nitrogen and oxygen atoms in total. The predicted octanol–water partition coefficient (Wildman–Crippen LogP) is 6.35. The summed E-state index contributed by atoms with van der Waals surface area (Å²) in [6.07, 6.45) is 4.11. The number of aromatic amines is 1. The van der Waals surface area contributed by atoms with Crippen LogP contribution in [-0.2, 0) is 17.8 Å². The number of hydrogen-bond acceptors (Lipinski definition) is 2. The summed E-state index contributed by atoms with van der Waals surface area (Å²) < 4.78 is 27.4. The third-order valence-electron chi connectivity index (χ3n) is 6.46. The van der Waals surface area contributed by atoms with Crippen molar-refractivity contribution in [2.24, 2.45) is 0 Å². The molecule has 0 spiro atoms. The fourth-order valence-electron chi connectivity index (χ4n) is 4.34. The van der Waals surface area contributed by atoms with Crippen molar-refractivity contribution < 1.29 is 18.4 Å². The third-order valence-corrected chi connectivity index (χ3v) is 6.46. The van der Waals surface area contributed by atoms with Crippen LogP contribution in [-0.4, -0.2) is 46.4 Å². The molecule has 2 N–H and O–H groups in total. The van der Waals surface area contributed by atoms with Crippen LogP contribution in [0.15, 0.2) is 79.0 Å². The zero-order valence-electron chi connectivity index (χ0n) is 21.4. The van der Waals surface area contributed by atoms with Crippen LogP contribution in [0.25, 0.3) is 10.9 Å². The molecule has 1 heterocycles. The second-order valence-electron chi connectivity index (χ2n) is 9.24. The number of carbonyl (C=O) groups is 2. The van der Waals surface area contributed by atoms with Gasteiger partial charge in [-0.05, 0) is 42.2 Å². The Morgan fingerprint density at radius 1 is 0.921 bits per heavy atom. The van der Waals surface area contributed by atoms with Crippen molar-refractivity contribution in [2.45, 2.75) is 32.7 Å². The molecule has 198 valence electrons. The summed E-state index contributed by atoms with van der Waals surface area (Å²) in [6, 6.07) is 20.1. The molecule has 0 bridgehead atoms. The van der Waals surface area contributed by atoms with Gasteiger partial charge in [-0.2, -0.15) is 0 Å². The van der Waals surface area contributed by atoms with E-state index in [-0.39, 0.29) is 18.1 Å². The molecule has 0 aliphatic heterocycles. The average molecular weight is 519 g/mol. The van der Waals surface area contributed by atoms with Crippen molar-refractivity contribution in [3.8, 4) is 0 Å². The van der Waals surface area contributed by atoms with Gasteiger partial charge in [-0.3, -0.25) is 4.79 Å². The number of hydrogen-bond donors (Lipinski definition) is 2. The Hall–Kier alpha value is -4.20. The number of carbonyl (C=O) groups excluding carboxylic acids is 2. The standard InChI is InChI=1S/C30H32F2N4O2/c1-2-3-16-36(30(38)34-28-14-13-24(31)18-26(28)32)21-29(37)35(20-22-9-5-4-6-10-22)17-15-23-19-33-27-12-8-7-11-25(23)27/h4-14,18-19,33H,2-3,15-17,20-21H2,1H3,(H,34,38). The number of H-pyrrole nitrogens is 1. The smallest absolute Gasteiger partial charge is 0.322 e. The minimum atomic E-state index is -0.871. The summed E-state index contributed by atoms with van der Waals surface area (Å²) in [5.41, 5.74) is 3.00. The number of urea groups is 1. The van der Waals surface area contributed by atoms with E-state index in [0.29, 0.717) is 38.5 Å². The fraction of sp³-hybridized carbons (Fsp3) is 0.267. The summed E-state index contributed by atoms with van der Waals surface area (Å²) in [4.78, 5) is 33.0. The lowest BCUT2D eigenvalue weighted by atomic mass is 10.1. The van der Waals surface area contributed by atoms with Gasteiger partial charge in [-0.1, -0.05) is 61.9 Å². The number of nitrogens with zero attached hydrogens (tertiary/aromatic N) is 2. The first kappa shape index (κ1) is 26.9. The Morgan fingerprint density at radius 3 is 2.45 bits per heavy atom. The molecule has 0 aliphatic carbocycles. The van der Waals surface area contributed by atoms with Gasteiger partial charge in [0, 0.05) is 42.8 Å². The molecule has 0 radical (unpaired) electrons. The number of para-hydroxylation sites is 1. The van der Waals surface area contributed by atoms with Gasteiger partial charge in [0.25, 0.3) is 0 Å². The van der Waals surface area contributed by atoms with Gasteiger partial charge in [-0.25, -0.2) is 13.6 Å². The monoisotopic (exact) mass is 518 g/mol. The van der Waals surface area contributed by atoms with E-state index in [0.717, 1.165) is 34.5 Å². The van der Waals surface area contributed by atoms with E-state index in [1.807, 2.05) is 61.7 Å². The molecule has 38 heavy (non-hydrogen) atoms. The Balaban J connectivity index is 1.50. The normalized spacial score (nSPS) is 10.9. The maximum absolute atomic E-state index is 14.2. The van der Waals surface area contributed by atoms with Gasteiger partial charge in [0.1, 0.15) is 18.2 Å². The lowest BCUT2D eigenvalue weighted by molar-refractivity contribution is -0.132. The van der Waals surface area contributed by atoms with Crippen molar-refractivity contribution >= 4 is 28.5 Å². The van der Waals surface area contributed by atoms with Crippen LogP contribution in [0, 0.1) is 11.6 Å². The molecule has 0 aliphatic rings. The highest BCUT2D eigenvalue weighted by molar-refractivity contribution is 5.92. The first-order valence-electron chi connectivity index (χ1n) is 12.8. The van der Waals surface area contributed by atoms with Crippen LogP contribution in [0.3, 0.4) is 0 Å². The zero-order chi connectivity index (χ0) is 26.9. The van der Waals surface area contributed by atoms with E-state index in [1.165, 1.54) is 11.0 Å². The van der Waals surface area contributed by atoms with E-state index >= 15 is 0 Å². The molecule has 0 fully saturated rings. The Bertz CT molecular complexity index is 1370. The Labute approximate surface area is 221 Å². The van der Waals surface area contributed by atoms with Crippen molar-refractivity contribution in [1.82, 2.24) is 14.8 Å². The molecule has 8 heteroatoms. The highest BCUT2D eigenvalue weighted by Crippen LogP contribution is 2.19. The predicted molar refractivity (Wildman–Crippen MR) is 146 cm³/mol. The maximum atomic E-state index is 14.2. The van der Waals surface area contributed by atoms with E-state index in [2.05, 4.69) is 16.4 Å². The van der Waals surface area contributed by atoms with Gasteiger partial charge in [0.05, 0.1) is 5.69 Å². The molecular weight excluding hydrogens is 486 g/mol. The minimum Gasteiger partial charge on any atom is -0.361 e. The Kier molecular flexibility index (Phi) is 9.08. The summed E-state index contributed by atoms with van der Waals surface area (Å²) in [6.45, 7) is 3.03. The van der Waals surface area contributed by atoms with Crippen LogP contribution < -0.4 is 5.32 Å². The fourth-order valence-corrected chi connectivity index (χ4v) is 4.34. The topological polar surface area (TPSA) is 68.4 Å². The average Bonchev–Trinajstić information content (AvgIpc) is 3.34. The van der Waals surface area contributed by atoms with Crippen LogP contribution in [0.1, 0.15) is 30.9 Å². The number of halogens is 2. The number of unbranched alkanes of at least 4 members (excludes halogenated alkanes) is 1. The van der Waals surface area contributed by atoms with Crippen LogP contribution >= 0.6 is 0 Å². The number of nitrogens with one attached hydrogen (secondary N) is 2. The van der Waals surface area contributed by atoms with E-state index < -0.39 is 17.7 Å². The SMILES string of the molecule is CCCCN(CC(=O)N(CCc1c[nH]c2ccccc12)Cc1ccccc1)C(=O)Nc1ccc(F)cc1F. The van der Waals surface area contributed by atoms with Gasteiger partial charge in [-0.15, -0.1) is 0 Å². The number of aromatic nitrogens is 1. The van der Waals surface area contributed by atoms with Crippen LogP contribution in [0.5, 0.6) is 0 Å². The van der Waals surface area contributed by atoms with Gasteiger partial charge in [0.2, 0.25) is 5.91 Å². The first-order valence-corrected chi connectivity index (χ1v) is 12.8. The molecule has 3 amide bonds. The second-order valence-corrected chi connectivity index (χ2v) is 9.24. The summed E-state index contributed by atoms with van der Waals surface area (Å²) in [5, 5.41) is 3.60. The zero-order valence-corrected chi connectivity index (χ0v) is 21.4. The van der Waals surface area contributed by atoms with Crippen LogP contribution in [0.2, 0.25) is 0 Å². The van der Waals surface area contributed by atoms with E-state index in [9.17, 15) is 18.4 Å². The van der Waals surface area contributed by atoms with Crippen molar-refractivity contribution in [2.75, 3.05) is 25.0 Å². The quantitative estimate of drug-likeness (QED) is 0.243. The first-order chi connectivity index (χ1) is 18.4. The molecule has 4 aromatic rings. The molecular formula is C30H32F2N4O2. The number of fused-ring (bicyclic) bond motifs is 1. The van der Waals surface area contributed by atoms with Gasteiger partial charge in [0.15, 0.2) is 0 Å². The second kappa shape index (κ2) is 12.9. The van der Waals surface area contributed by atoms with Crippen molar-refractivity contribution in [1.29, 1.82) is 0 Å². The molecule has 0 saturated carbocycles. The third kappa shape index (κ3) is 6.97. The summed E-state index contributed by atoms with van der Waals surface area (Å²) in [5.74, 6) is -1.81. The number of benzene rings is 3. The number of rotatable bonds is 11. The molecule has 4 rings (SSSR count). The summed E-state index contributed by atoms with van der Waals surface area (Å²) >= 11 is 0. The number of amides is 3. The minimum absolute atomic E-state index is 0.133. The van der Waals surface area contributed by atoms with Crippen molar-refractivity contribution in [3.63, 3.8) is 0 Å². The lowest BCUT2D eigenvalue weighted by Gasteiger charge is -2.28. The number of anilines is 1. The lowest BCUT2D eigenvalue weighted by Crippen LogP contribution is -2.45. The van der Waals surface area contributed by atoms with Crippen LogP contribution in [0.4, 0.5) is 19.3 Å². The molecule has 0 atom stereocenters.